The average Bonchev–Trinajstić information content (AvgIpc) is 2.81. The van der Waals surface area contributed by atoms with Crippen LogP contribution in [0.1, 0.15) is 36.8 Å². The van der Waals surface area contributed by atoms with E-state index in [2.05, 4.69) is 57.0 Å². The Labute approximate surface area is 139 Å². The fraction of sp³-hybridized carbons (Fsp3) is 0.438. The molecule has 0 bridgehead atoms. The van der Waals surface area contributed by atoms with Gasteiger partial charge in [0, 0.05) is 29.2 Å². The van der Waals surface area contributed by atoms with Crippen molar-refractivity contribution in [3.8, 4) is 0 Å². The molecule has 1 atom stereocenters. The average molecular weight is 371 g/mol. The first kappa shape index (κ1) is 16.5. The molecule has 0 aliphatic rings. The van der Waals surface area contributed by atoms with Crippen LogP contribution in [0, 0.1) is 6.92 Å². The molecule has 0 saturated carbocycles. The minimum Gasteiger partial charge on any atom is -0.310 e. The molecule has 2 aromatic rings. The summed E-state index contributed by atoms with van der Waals surface area (Å²) < 4.78 is 3.00. The van der Waals surface area contributed by atoms with E-state index in [0.29, 0.717) is 0 Å². The Morgan fingerprint density at radius 2 is 2.10 bits per heavy atom. The zero-order valence-corrected chi connectivity index (χ0v) is 15.0. The molecule has 5 heteroatoms. The molecular formula is C16H21BrClN3. The number of hydrogen-bond acceptors (Lipinski definition) is 2. The van der Waals surface area contributed by atoms with Gasteiger partial charge in [-0.05, 0) is 60.1 Å². The van der Waals surface area contributed by atoms with Crippen LogP contribution in [0.15, 0.2) is 28.7 Å². The number of aryl methyl sites for hydroxylation is 2. The van der Waals surface area contributed by atoms with E-state index in [1.54, 1.807) is 0 Å². The lowest BCUT2D eigenvalue weighted by Gasteiger charge is -2.19. The third-order valence-corrected chi connectivity index (χ3v) is 4.73. The quantitative estimate of drug-likeness (QED) is 0.810. The lowest BCUT2D eigenvalue weighted by molar-refractivity contribution is 0.516. The van der Waals surface area contributed by atoms with Gasteiger partial charge < -0.3 is 5.32 Å². The molecule has 2 rings (SSSR count). The van der Waals surface area contributed by atoms with E-state index in [0.717, 1.165) is 34.7 Å². The summed E-state index contributed by atoms with van der Waals surface area (Å²) in [7, 11) is 0. The van der Waals surface area contributed by atoms with Crippen LogP contribution in [0.2, 0.25) is 5.02 Å². The highest BCUT2D eigenvalue weighted by atomic mass is 79.9. The van der Waals surface area contributed by atoms with Crippen LogP contribution in [-0.4, -0.2) is 16.3 Å². The molecule has 0 fully saturated rings. The molecule has 0 saturated heterocycles. The zero-order chi connectivity index (χ0) is 15.4. The number of aromatic nitrogens is 2. The maximum absolute atomic E-state index is 6.23. The van der Waals surface area contributed by atoms with E-state index in [9.17, 15) is 0 Å². The van der Waals surface area contributed by atoms with Crippen molar-refractivity contribution in [3.05, 3.63) is 50.7 Å². The topological polar surface area (TPSA) is 29.9 Å². The second-order valence-corrected chi connectivity index (χ2v) is 6.34. The molecule has 21 heavy (non-hydrogen) atoms. The van der Waals surface area contributed by atoms with Gasteiger partial charge in [0.25, 0.3) is 0 Å². The normalized spacial score (nSPS) is 12.6. The maximum atomic E-state index is 6.23. The minimum atomic E-state index is 0.238. The molecule has 0 aliphatic heterocycles. The summed E-state index contributed by atoms with van der Waals surface area (Å²) in [6.07, 6.45) is 0.903. The van der Waals surface area contributed by atoms with Crippen LogP contribution in [-0.2, 0) is 13.0 Å². The van der Waals surface area contributed by atoms with Crippen molar-refractivity contribution in [2.75, 3.05) is 6.54 Å². The first-order chi connectivity index (χ1) is 10.0. The Balaban J connectivity index is 2.27. The molecule has 3 nitrogen and oxygen atoms in total. The van der Waals surface area contributed by atoms with E-state index in [4.69, 9.17) is 11.6 Å². The summed E-state index contributed by atoms with van der Waals surface area (Å²) in [5.41, 5.74) is 3.52. The summed E-state index contributed by atoms with van der Waals surface area (Å²) in [5, 5.41) is 8.81. The second kappa shape index (κ2) is 7.43. The zero-order valence-electron chi connectivity index (χ0n) is 12.7. The molecule has 114 valence electrons. The third kappa shape index (κ3) is 4.09. The summed E-state index contributed by atoms with van der Waals surface area (Å²) in [6.45, 7) is 8.08. The highest BCUT2D eigenvalue weighted by molar-refractivity contribution is 9.10. The smallest absolute Gasteiger partial charge is 0.0596 e. The minimum absolute atomic E-state index is 0.238. The molecule has 1 unspecified atom stereocenters. The maximum Gasteiger partial charge on any atom is 0.0596 e. The summed E-state index contributed by atoms with van der Waals surface area (Å²) in [5.74, 6) is 0. The molecule has 0 spiro atoms. The highest BCUT2D eigenvalue weighted by Crippen LogP contribution is 2.27. The van der Waals surface area contributed by atoms with Gasteiger partial charge in [-0.25, -0.2) is 0 Å². The number of halogens is 2. The van der Waals surface area contributed by atoms with E-state index in [1.807, 2.05) is 19.1 Å². The van der Waals surface area contributed by atoms with E-state index in [1.165, 1.54) is 11.3 Å². The number of likely N-dealkylation sites (N-methyl/N-ethyl adjacent to an activating group) is 1. The molecule has 0 radical (unpaired) electrons. The molecule has 0 amide bonds. The molecule has 0 aliphatic carbocycles. The van der Waals surface area contributed by atoms with Gasteiger partial charge in [0.1, 0.15) is 0 Å². The van der Waals surface area contributed by atoms with Crippen LogP contribution in [0.5, 0.6) is 0 Å². The van der Waals surface area contributed by atoms with Gasteiger partial charge in [-0.2, -0.15) is 5.10 Å². The molecule has 1 heterocycles. The number of nitrogens with one attached hydrogen (secondary N) is 1. The Morgan fingerprint density at radius 1 is 1.33 bits per heavy atom. The first-order valence-electron chi connectivity index (χ1n) is 7.26. The van der Waals surface area contributed by atoms with Crippen molar-refractivity contribution < 1.29 is 0 Å². The monoisotopic (exact) mass is 369 g/mol. The third-order valence-electron chi connectivity index (χ3n) is 3.49. The number of hydrogen-bond donors (Lipinski definition) is 1. The summed E-state index contributed by atoms with van der Waals surface area (Å²) >= 11 is 9.68. The van der Waals surface area contributed by atoms with Gasteiger partial charge >= 0.3 is 0 Å². The lowest BCUT2D eigenvalue weighted by Crippen LogP contribution is -2.24. The van der Waals surface area contributed by atoms with Gasteiger partial charge in [-0.1, -0.05) is 24.6 Å². The Morgan fingerprint density at radius 3 is 2.71 bits per heavy atom. The van der Waals surface area contributed by atoms with Crippen molar-refractivity contribution in [1.29, 1.82) is 0 Å². The van der Waals surface area contributed by atoms with Crippen molar-refractivity contribution in [2.45, 2.75) is 39.8 Å². The van der Waals surface area contributed by atoms with Crippen LogP contribution in [0.3, 0.4) is 0 Å². The Hall–Kier alpha value is -0.840. The second-order valence-electron chi connectivity index (χ2n) is 5.08. The van der Waals surface area contributed by atoms with E-state index in [-0.39, 0.29) is 6.04 Å². The van der Waals surface area contributed by atoms with Gasteiger partial charge in [0.05, 0.1) is 10.7 Å². The molecule has 1 aromatic heterocycles. The van der Waals surface area contributed by atoms with Gasteiger partial charge in [-0.3, -0.25) is 4.68 Å². The standard InChI is InChI=1S/C16H21BrClN3/c1-4-19-16(12-6-7-14(17)15(18)9-12)10-13-8-11(3)20-21(13)5-2/h6-9,16,19H,4-5,10H2,1-3H3. The molecular weight excluding hydrogens is 350 g/mol. The number of rotatable bonds is 6. The predicted molar refractivity (Wildman–Crippen MR) is 91.9 cm³/mol. The molecule has 1 aromatic carbocycles. The Bertz CT molecular complexity index is 610. The van der Waals surface area contributed by atoms with Gasteiger partial charge in [0.15, 0.2) is 0 Å². The molecule has 1 N–H and O–H groups in total. The van der Waals surface area contributed by atoms with Crippen LogP contribution in [0.4, 0.5) is 0 Å². The SMILES string of the molecule is CCNC(Cc1cc(C)nn1CC)c1ccc(Br)c(Cl)c1. The van der Waals surface area contributed by atoms with Crippen LogP contribution < -0.4 is 5.32 Å². The lowest BCUT2D eigenvalue weighted by atomic mass is 10.0. The van der Waals surface area contributed by atoms with Crippen molar-refractivity contribution in [2.24, 2.45) is 0 Å². The highest BCUT2D eigenvalue weighted by Gasteiger charge is 2.15. The number of nitrogens with zero attached hydrogens (tertiary/aromatic N) is 2. The van der Waals surface area contributed by atoms with Crippen LogP contribution >= 0.6 is 27.5 Å². The predicted octanol–water partition coefficient (Wildman–Crippen LogP) is 4.52. The van der Waals surface area contributed by atoms with Crippen molar-refractivity contribution in [3.63, 3.8) is 0 Å². The summed E-state index contributed by atoms with van der Waals surface area (Å²) in [4.78, 5) is 0. The van der Waals surface area contributed by atoms with E-state index >= 15 is 0 Å². The Kier molecular flexibility index (Phi) is 5.85. The first-order valence-corrected chi connectivity index (χ1v) is 8.43. The fourth-order valence-electron chi connectivity index (χ4n) is 2.53. The largest absolute Gasteiger partial charge is 0.310 e. The fourth-order valence-corrected chi connectivity index (χ4v) is 2.97. The van der Waals surface area contributed by atoms with Crippen molar-refractivity contribution >= 4 is 27.5 Å². The van der Waals surface area contributed by atoms with Crippen molar-refractivity contribution in [1.82, 2.24) is 15.1 Å². The van der Waals surface area contributed by atoms with Gasteiger partial charge in [-0.15, -0.1) is 0 Å². The number of benzene rings is 1. The van der Waals surface area contributed by atoms with Gasteiger partial charge in [0.2, 0.25) is 0 Å². The van der Waals surface area contributed by atoms with Crippen LogP contribution in [0.25, 0.3) is 0 Å². The summed E-state index contributed by atoms with van der Waals surface area (Å²) in [6, 6.07) is 8.54. The van der Waals surface area contributed by atoms with E-state index < -0.39 is 0 Å².